The van der Waals surface area contributed by atoms with E-state index in [0.29, 0.717) is 0 Å². The summed E-state index contributed by atoms with van der Waals surface area (Å²) in [5.41, 5.74) is 4.26. The minimum Gasteiger partial charge on any atom is -0.480 e. The van der Waals surface area contributed by atoms with Gasteiger partial charge >= 0.3 is 17.9 Å². The maximum Gasteiger partial charge on any atom is 0.320 e. The molecule has 0 amide bonds. The van der Waals surface area contributed by atoms with Crippen molar-refractivity contribution in [3.63, 3.8) is 0 Å². The molecule has 0 aliphatic rings. The lowest BCUT2D eigenvalue weighted by molar-refractivity contribution is -0.154. The summed E-state index contributed by atoms with van der Waals surface area (Å²) in [5, 5.41) is 14.5. The van der Waals surface area contributed by atoms with Crippen LogP contribution in [0.3, 0.4) is 0 Å². The topological polar surface area (TPSA) is 140 Å². The van der Waals surface area contributed by atoms with Crippen LogP contribution in [-0.2, 0) is 23.9 Å². The molecule has 0 aromatic rings. The number of aliphatic carboxylic acids is 1. The van der Waals surface area contributed by atoms with Crippen molar-refractivity contribution in [2.75, 3.05) is 13.1 Å². The third-order valence-electron chi connectivity index (χ3n) is 2.63. The van der Waals surface area contributed by atoms with Gasteiger partial charge in [0, 0.05) is 6.42 Å². The van der Waals surface area contributed by atoms with Crippen LogP contribution in [0.5, 0.6) is 0 Å². The van der Waals surface area contributed by atoms with Crippen molar-refractivity contribution in [2.24, 2.45) is 5.73 Å². The first kappa shape index (κ1) is 23.3. The van der Waals surface area contributed by atoms with Crippen LogP contribution in [0.25, 0.3) is 0 Å². The largest absolute Gasteiger partial charge is 0.480 e. The number of carboxylic acids is 1. The van der Waals surface area contributed by atoms with Gasteiger partial charge in [-0.25, -0.2) is 0 Å². The molecule has 1 unspecified atom stereocenters. The highest BCUT2D eigenvalue weighted by atomic mass is 16.6. The molecule has 0 heterocycles. The normalized spacial score (nSPS) is 13.4. The van der Waals surface area contributed by atoms with E-state index in [9.17, 15) is 14.4 Å². The Kier molecular flexibility index (Phi) is 9.03. The number of carbonyl (C=O) groups excluding carboxylic acids is 2. The van der Waals surface area contributed by atoms with E-state index in [1.165, 1.54) is 0 Å². The SMILES string of the molecule is CC(C)(C)OC(=O)CNC(CC(N)C(=O)O)NCC(=O)OC(C)(C)C. The van der Waals surface area contributed by atoms with E-state index in [1.807, 2.05) is 0 Å². The minimum atomic E-state index is -1.18. The number of esters is 2. The van der Waals surface area contributed by atoms with E-state index in [-0.39, 0.29) is 19.5 Å². The van der Waals surface area contributed by atoms with Crippen LogP contribution < -0.4 is 16.4 Å². The van der Waals surface area contributed by atoms with Crippen molar-refractivity contribution in [1.29, 1.82) is 0 Å². The average Bonchev–Trinajstić information content (AvgIpc) is 2.37. The Labute approximate surface area is 148 Å². The van der Waals surface area contributed by atoms with Crippen LogP contribution in [0.15, 0.2) is 0 Å². The fourth-order valence-electron chi connectivity index (χ4n) is 1.76. The highest BCUT2D eigenvalue weighted by Gasteiger charge is 2.23. The lowest BCUT2D eigenvalue weighted by Gasteiger charge is -2.25. The number of hydrogen-bond acceptors (Lipinski definition) is 8. The molecule has 0 aromatic carbocycles. The second-order valence-electron chi connectivity index (χ2n) is 7.67. The molecule has 146 valence electrons. The number of carboxylic acid groups (broad SMARTS) is 1. The van der Waals surface area contributed by atoms with Gasteiger partial charge in [0.1, 0.15) is 17.2 Å². The lowest BCUT2D eigenvalue weighted by Crippen LogP contribution is -2.51. The molecule has 0 bridgehead atoms. The van der Waals surface area contributed by atoms with Crippen LogP contribution >= 0.6 is 0 Å². The van der Waals surface area contributed by atoms with Gasteiger partial charge in [-0.05, 0) is 41.5 Å². The van der Waals surface area contributed by atoms with E-state index >= 15 is 0 Å². The summed E-state index contributed by atoms with van der Waals surface area (Å²) in [6.45, 7) is 10.1. The molecule has 25 heavy (non-hydrogen) atoms. The van der Waals surface area contributed by atoms with Crippen molar-refractivity contribution in [2.45, 2.75) is 71.4 Å². The zero-order valence-electron chi connectivity index (χ0n) is 15.8. The van der Waals surface area contributed by atoms with E-state index < -0.39 is 41.3 Å². The zero-order valence-corrected chi connectivity index (χ0v) is 15.8. The molecular weight excluding hydrogens is 330 g/mol. The van der Waals surface area contributed by atoms with E-state index in [4.69, 9.17) is 20.3 Å². The predicted octanol–water partition coefficient (Wildman–Crippen LogP) is -0.0229. The van der Waals surface area contributed by atoms with Gasteiger partial charge in [0.25, 0.3) is 0 Å². The van der Waals surface area contributed by atoms with Crippen LogP contribution in [0.2, 0.25) is 0 Å². The summed E-state index contributed by atoms with van der Waals surface area (Å²) < 4.78 is 10.3. The second kappa shape index (κ2) is 9.69. The number of ether oxygens (including phenoxy) is 2. The van der Waals surface area contributed by atoms with E-state index in [2.05, 4.69) is 10.6 Å². The van der Waals surface area contributed by atoms with Crippen molar-refractivity contribution in [3.05, 3.63) is 0 Å². The number of hydrogen-bond donors (Lipinski definition) is 4. The Morgan fingerprint density at radius 2 is 1.28 bits per heavy atom. The van der Waals surface area contributed by atoms with E-state index in [0.717, 1.165) is 0 Å². The molecular formula is C16H31N3O6. The molecule has 0 aliphatic heterocycles. The first-order valence-electron chi connectivity index (χ1n) is 8.08. The van der Waals surface area contributed by atoms with Gasteiger partial charge in [0.15, 0.2) is 0 Å². The Hall–Kier alpha value is -1.71. The molecule has 0 aromatic heterocycles. The highest BCUT2D eigenvalue weighted by molar-refractivity contribution is 5.74. The molecule has 0 saturated carbocycles. The molecule has 0 radical (unpaired) electrons. The molecule has 0 rings (SSSR count). The molecule has 5 N–H and O–H groups in total. The molecule has 0 spiro atoms. The van der Waals surface area contributed by atoms with Gasteiger partial charge in [0.2, 0.25) is 0 Å². The summed E-state index contributed by atoms with van der Waals surface area (Å²) in [4.78, 5) is 34.4. The van der Waals surface area contributed by atoms with Gasteiger partial charge in [-0.1, -0.05) is 0 Å². The first-order valence-corrected chi connectivity index (χ1v) is 8.08. The summed E-state index contributed by atoms with van der Waals surface area (Å²) in [5.74, 6) is -2.18. The van der Waals surface area contributed by atoms with Crippen LogP contribution in [0.4, 0.5) is 0 Å². The summed E-state index contributed by atoms with van der Waals surface area (Å²) >= 11 is 0. The van der Waals surface area contributed by atoms with Crippen molar-refractivity contribution in [3.8, 4) is 0 Å². The van der Waals surface area contributed by atoms with Crippen LogP contribution in [0.1, 0.15) is 48.0 Å². The fourth-order valence-corrected chi connectivity index (χ4v) is 1.76. The van der Waals surface area contributed by atoms with E-state index in [1.54, 1.807) is 41.5 Å². The van der Waals surface area contributed by atoms with Gasteiger partial charge in [-0.2, -0.15) is 0 Å². The number of rotatable bonds is 9. The second-order valence-corrected chi connectivity index (χ2v) is 7.67. The summed E-state index contributed by atoms with van der Waals surface area (Å²) in [7, 11) is 0. The Morgan fingerprint density at radius 1 is 0.920 bits per heavy atom. The monoisotopic (exact) mass is 361 g/mol. The maximum absolute atomic E-state index is 11.8. The molecule has 0 fully saturated rings. The van der Waals surface area contributed by atoms with Crippen LogP contribution in [-0.4, -0.2) is 59.5 Å². The summed E-state index contributed by atoms with van der Waals surface area (Å²) in [6, 6.07) is -1.15. The Bertz CT molecular complexity index is 435. The molecule has 1 atom stereocenters. The third-order valence-corrected chi connectivity index (χ3v) is 2.63. The average molecular weight is 361 g/mol. The van der Waals surface area contributed by atoms with Gasteiger partial charge < -0.3 is 20.3 Å². The zero-order chi connectivity index (χ0) is 19.8. The van der Waals surface area contributed by atoms with Crippen molar-refractivity contribution in [1.82, 2.24) is 10.6 Å². The minimum absolute atomic E-state index is 0.0269. The molecule has 9 nitrogen and oxygen atoms in total. The smallest absolute Gasteiger partial charge is 0.320 e. The predicted molar refractivity (Wildman–Crippen MR) is 91.7 cm³/mol. The van der Waals surface area contributed by atoms with Crippen LogP contribution in [0, 0.1) is 0 Å². The quantitative estimate of drug-likeness (QED) is 0.329. The fraction of sp³-hybridized carbons (Fsp3) is 0.812. The highest BCUT2D eigenvalue weighted by Crippen LogP contribution is 2.07. The standard InChI is InChI=1S/C16H31N3O6/c1-15(2,3)24-12(20)8-18-11(7-10(17)14(22)23)19-9-13(21)25-16(4,5)6/h10-11,18-19H,7-9,17H2,1-6H3,(H,22,23). The number of carbonyl (C=O) groups is 3. The van der Waals surface area contributed by atoms with Gasteiger partial charge in [-0.15, -0.1) is 0 Å². The molecule has 0 saturated heterocycles. The first-order chi connectivity index (χ1) is 11.2. The summed E-state index contributed by atoms with van der Waals surface area (Å²) in [6.07, 6.45) is -0.702. The van der Waals surface area contributed by atoms with Gasteiger partial charge in [-0.3, -0.25) is 25.0 Å². The number of nitrogens with one attached hydrogen (secondary N) is 2. The Balaban J connectivity index is 4.63. The molecule has 0 aliphatic carbocycles. The van der Waals surface area contributed by atoms with Gasteiger partial charge in [0.05, 0.1) is 19.3 Å². The third kappa shape index (κ3) is 13.3. The number of nitrogens with two attached hydrogens (primary N) is 1. The molecule has 9 heteroatoms. The Morgan fingerprint density at radius 3 is 1.56 bits per heavy atom. The lowest BCUT2D eigenvalue weighted by atomic mass is 10.1. The maximum atomic E-state index is 11.8. The van der Waals surface area contributed by atoms with Crippen molar-refractivity contribution >= 4 is 17.9 Å². The van der Waals surface area contributed by atoms with Crippen molar-refractivity contribution < 1.29 is 29.0 Å².